The molecular formula is C13H10ClN3. The maximum absolute atomic E-state index is 7.04. The molecule has 4 heteroatoms. The Labute approximate surface area is 105 Å². The zero-order valence-corrected chi connectivity index (χ0v) is 9.78. The van der Waals surface area contributed by atoms with E-state index in [1.807, 2.05) is 30.3 Å². The van der Waals surface area contributed by atoms with E-state index >= 15 is 0 Å². The van der Waals surface area contributed by atoms with Gasteiger partial charge in [0.05, 0.1) is 6.57 Å². The Morgan fingerprint density at radius 3 is 2.65 bits per heavy atom. The van der Waals surface area contributed by atoms with Gasteiger partial charge in [-0.05, 0) is 17.7 Å². The van der Waals surface area contributed by atoms with Crippen LogP contribution in [0.2, 0.25) is 5.15 Å². The van der Waals surface area contributed by atoms with E-state index in [4.69, 9.17) is 18.2 Å². The Bertz CT molecular complexity index is 546. The molecule has 1 aromatic heterocycles. The van der Waals surface area contributed by atoms with Gasteiger partial charge in [-0.1, -0.05) is 41.9 Å². The summed E-state index contributed by atoms with van der Waals surface area (Å²) in [5, 5.41) is 3.49. The fourth-order valence-corrected chi connectivity index (χ4v) is 1.58. The van der Waals surface area contributed by atoms with Gasteiger partial charge in [-0.2, -0.15) is 0 Å². The van der Waals surface area contributed by atoms with E-state index in [0.29, 0.717) is 23.2 Å². The number of halogens is 1. The number of nitrogens with one attached hydrogen (secondary N) is 1. The lowest BCUT2D eigenvalue weighted by Crippen LogP contribution is -2.01. The van der Waals surface area contributed by atoms with Crippen LogP contribution in [0.5, 0.6) is 0 Å². The number of aromatic nitrogens is 1. The molecule has 1 aromatic carbocycles. The third-order valence-corrected chi connectivity index (χ3v) is 2.47. The molecule has 0 aliphatic carbocycles. The average molecular weight is 244 g/mol. The molecular weight excluding hydrogens is 234 g/mol. The van der Waals surface area contributed by atoms with E-state index in [2.05, 4.69) is 15.1 Å². The molecule has 1 N–H and O–H groups in total. The van der Waals surface area contributed by atoms with Crippen molar-refractivity contribution in [2.45, 2.75) is 6.54 Å². The van der Waals surface area contributed by atoms with Crippen LogP contribution in [-0.2, 0) is 6.54 Å². The Morgan fingerprint density at radius 2 is 1.94 bits per heavy atom. The Balaban J connectivity index is 2.14. The van der Waals surface area contributed by atoms with Gasteiger partial charge < -0.3 is 5.32 Å². The second-order valence-corrected chi connectivity index (χ2v) is 3.84. The predicted octanol–water partition coefficient (Wildman–Crippen LogP) is 3.90. The molecule has 0 saturated heterocycles. The summed E-state index contributed by atoms with van der Waals surface area (Å²) in [5.41, 5.74) is 1.61. The van der Waals surface area contributed by atoms with Crippen molar-refractivity contribution in [3.05, 3.63) is 64.6 Å². The normalized spacial score (nSPS) is 9.65. The molecule has 0 atom stereocenters. The maximum Gasteiger partial charge on any atom is 0.228 e. The van der Waals surface area contributed by atoms with Gasteiger partial charge in [-0.25, -0.2) is 9.83 Å². The fraction of sp³-hybridized carbons (Fsp3) is 0.0769. The first-order chi connectivity index (χ1) is 8.29. The van der Waals surface area contributed by atoms with Crippen molar-refractivity contribution in [3.8, 4) is 0 Å². The molecule has 17 heavy (non-hydrogen) atoms. The highest BCUT2D eigenvalue weighted by atomic mass is 35.5. The zero-order valence-electron chi connectivity index (χ0n) is 9.02. The number of nitrogens with zero attached hydrogens (tertiary/aromatic N) is 2. The topological polar surface area (TPSA) is 29.3 Å². The summed E-state index contributed by atoms with van der Waals surface area (Å²) < 4.78 is 0. The SMILES string of the molecule is [C-]#[N+]c1ccc(Cl)nc1NCc1ccccc1. The van der Waals surface area contributed by atoms with E-state index in [-0.39, 0.29) is 0 Å². The summed E-state index contributed by atoms with van der Waals surface area (Å²) in [4.78, 5) is 7.49. The zero-order chi connectivity index (χ0) is 12.1. The lowest BCUT2D eigenvalue weighted by Gasteiger charge is -2.07. The van der Waals surface area contributed by atoms with Gasteiger partial charge in [-0.3, -0.25) is 0 Å². The Kier molecular flexibility index (Phi) is 3.59. The molecule has 84 valence electrons. The first-order valence-corrected chi connectivity index (χ1v) is 5.49. The fourth-order valence-electron chi connectivity index (χ4n) is 1.43. The van der Waals surface area contributed by atoms with Crippen LogP contribution in [-0.4, -0.2) is 4.98 Å². The molecule has 1 heterocycles. The average Bonchev–Trinajstić information content (AvgIpc) is 2.38. The number of anilines is 1. The summed E-state index contributed by atoms with van der Waals surface area (Å²) in [5.74, 6) is 0.524. The standard InChI is InChI=1S/C13H10ClN3/c1-15-11-7-8-12(14)17-13(11)16-9-10-5-3-2-4-6-10/h2-8H,9H2,(H,16,17). The number of benzene rings is 1. The number of pyridine rings is 1. The predicted molar refractivity (Wildman–Crippen MR) is 69.3 cm³/mol. The van der Waals surface area contributed by atoms with Gasteiger partial charge >= 0.3 is 0 Å². The van der Waals surface area contributed by atoms with Crippen molar-refractivity contribution in [2.24, 2.45) is 0 Å². The van der Waals surface area contributed by atoms with Crippen LogP contribution in [0.3, 0.4) is 0 Å². The maximum atomic E-state index is 7.04. The van der Waals surface area contributed by atoms with E-state index < -0.39 is 0 Å². The van der Waals surface area contributed by atoms with Crippen LogP contribution in [0.1, 0.15) is 5.56 Å². The first-order valence-electron chi connectivity index (χ1n) is 5.11. The summed E-state index contributed by atoms with van der Waals surface area (Å²) >= 11 is 5.80. The first kappa shape index (κ1) is 11.4. The smallest absolute Gasteiger partial charge is 0.228 e. The van der Waals surface area contributed by atoms with Gasteiger partial charge in [0.2, 0.25) is 5.69 Å². The lowest BCUT2D eigenvalue weighted by molar-refractivity contribution is 1.11. The van der Waals surface area contributed by atoms with Gasteiger partial charge in [0.25, 0.3) is 0 Å². The van der Waals surface area contributed by atoms with Crippen molar-refractivity contribution in [1.29, 1.82) is 0 Å². The van der Waals surface area contributed by atoms with Crippen LogP contribution in [0.15, 0.2) is 42.5 Å². The highest BCUT2D eigenvalue weighted by Crippen LogP contribution is 2.24. The van der Waals surface area contributed by atoms with Crippen molar-refractivity contribution in [2.75, 3.05) is 5.32 Å². The van der Waals surface area contributed by atoms with E-state index in [0.717, 1.165) is 5.56 Å². The van der Waals surface area contributed by atoms with Crippen LogP contribution in [0.25, 0.3) is 4.85 Å². The quantitative estimate of drug-likeness (QED) is 0.654. The van der Waals surface area contributed by atoms with Gasteiger partial charge in [-0.15, -0.1) is 0 Å². The van der Waals surface area contributed by atoms with Crippen LogP contribution < -0.4 is 5.32 Å². The number of rotatable bonds is 3. The van der Waals surface area contributed by atoms with Crippen molar-refractivity contribution < 1.29 is 0 Å². The van der Waals surface area contributed by atoms with Gasteiger partial charge in [0, 0.05) is 6.54 Å². The van der Waals surface area contributed by atoms with Crippen molar-refractivity contribution >= 4 is 23.1 Å². The molecule has 3 nitrogen and oxygen atoms in total. The van der Waals surface area contributed by atoms with Crippen LogP contribution >= 0.6 is 11.6 Å². The minimum atomic E-state index is 0.382. The second kappa shape index (κ2) is 5.33. The van der Waals surface area contributed by atoms with Gasteiger partial charge in [0.1, 0.15) is 11.0 Å². The molecule has 2 rings (SSSR count). The third kappa shape index (κ3) is 2.96. The summed E-state index contributed by atoms with van der Waals surface area (Å²) in [6, 6.07) is 13.2. The highest BCUT2D eigenvalue weighted by molar-refractivity contribution is 6.29. The van der Waals surface area contributed by atoms with E-state index in [1.165, 1.54) is 0 Å². The monoisotopic (exact) mass is 243 g/mol. The molecule has 0 aliphatic rings. The Hall–Kier alpha value is -2.05. The van der Waals surface area contributed by atoms with E-state index in [1.54, 1.807) is 12.1 Å². The molecule has 0 spiro atoms. The molecule has 0 amide bonds. The number of hydrogen-bond donors (Lipinski definition) is 1. The summed E-state index contributed by atoms with van der Waals surface area (Å²) in [6.45, 7) is 7.66. The third-order valence-electron chi connectivity index (χ3n) is 2.26. The van der Waals surface area contributed by atoms with Gasteiger partial charge in [0.15, 0.2) is 0 Å². The molecule has 0 unspecified atom stereocenters. The minimum Gasteiger partial charge on any atom is -0.375 e. The number of hydrogen-bond acceptors (Lipinski definition) is 2. The largest absolute Gasteiger partial charge is 0.375 e. The van der Waals surface area contributed by atoms with Crippen molar-refractivity contribution in [3.63, 3.8) is 0 Å². The molecule has 0 bridgehead atoms. The molecule has 0 radical (unpaired) electrons. The minimum absolute atomic E-state index is 0.382. The molecule has 2 aromatic rings. The lowest BCUT2D eigenvalue weighted by atomic mass is 10.2. The second-order valence-electron chi connectivity index (χ2n) is 3.45. The summed E-state index contributed by atoms with van der Waals surface area (Å²) in [7, 11) is 0. The van der Waals surface area contributed by atoms with E-state index in [9.17, 15) is 0 Å². The highest BCUT2D eigenvalue weighted by Gasteiger charge is 2.04. The van der Waals surface area contributed by atoms with Crippen LogP contribution in [0.4, 0.5) is 11.5 Å². The molecule has 0 fully saturated rings. The molecule has 0 saturated carbocycles. The van der Waals surface area contributed by atoms with Crippen LogP contribution in [0, 0.1) is 6.57 Å². The summed E-state index contributed by atoms with van der Waals surface area (Å²) in [6.07, 6.45) is 0. The molecule has 0 aliphatic heterocycles. The Morgan fingerprint density at radius 1 is 1.18 bits per heavy atom. The van der Waals surface area contributed by atoms with Crippen molar-refractivity contribution in [1.82, 2.24) is 4.98 Å².